The van der Waals surface area contributed by atoms with Crippen molar-refractivity contribution in [3.05, 3.63) is 89.2 Å². The highest BCUT2D eigenvalue weighted by Crippen LogP contribution is 2.22. The molecule has 1 atom stereocenters. The van der Waals surface area contributed by atoms with Gasteiger partial charge in [-0.1, -0.05) is 78.1 Å². The first-order valence-electron chi connectivity index (χ1n) is 17.1. The standard InChI is InChI=1S/C39H49FO7/c1-4-6-8-10-11-12-13-15-27-44-32-21-17-30(18-22-32)37(41)46-33-23-19-31(20-24-33)38(42)47-34-25-26-35(36(40)28-34)39(43)45-29(3)16-14-9-7-5-2/h17-26,28-29H,4-16,27H2,1-3H3. The van der Waals surface area contributed by atoms with Crippen LogP contribution in [-0.2, 0) is 4.74 Å². The van der Waals surface area contributed by atoms with Gasteiger partial charge >= 0.3 is 17.9 Å². The Labute approximate surface area is 278 Å². The van der Waals surface area contributed by atoms with Crippen LogP contribution in [0.2, 0.25) is 0 Å². The molecular weight excluding hydrogens is 599 g/mol. The van der Waals surface area contributed by atoms with Crippen molar-refractivity contribution >= 4 is 17.9 Å². The molecule has 0 heterocycles. The van der Waals surface area contributed by atoms with Crippen LogP contribution in [0.4, 0.5) is 4.39 Å². The molecule has 3 aromatic carbocycles. The summed E-state index contributed by atoms with van der Waals surface area (Å²) in [5.74, 6) is -2.00. The SMILES string of the molecule is CCCCCCCCCCOc1ccc(C(=O)Oc2ccc(C(=O)Oc3ccc(C(=O)OC(C)CCCCCC)c(F)c3)cc2)cc1. The Kier molecular flexibility index (Phi) is 16.5. The lowest BCUT2D eigenvalue weighted by Gasteiger charge is -2.14. The third kappa shape index (κ3) is 13.6. The molecule has 3 rings (SSSR count). The molecule has 0 N–H and O–H groups in total. The molecule has 0 saturated heterocycles. The number of halogens is 1. The van der Waals surface area contributed by atoms with Crippen LogP contribution < -0.4 is 14.2 Å². The maximum atomic E-state index is 14.7. The van der Waals surface area contributed by atoms with Crippen molar-refractivity contribution in [1.29, 1.82) is 0 Å². The van der Waals surface area contributed by atoms with E-state index in [1.807, 2.05) is 0 Å². The minimum atomic E-state index is -0.844. The van der Waals surface area contributed by atoms with Gasteiger partial charge in [-0.05, 0) is 86.8 Å². The van der Waals surface area contributed by atoms with Gasteiger partial charge in [0.1, 0.15) is 23.1 Å². The second-order valence-electron chi connectivity index (χ2n) is 11.9. The zero-order chi connectivity index (χ0) is 33.9. The largest absolute Gasteiger partial charge is 0.494 e. The first-order chi connectivity index (χ1) is 22.8. The van der Waals surface area contributed by atoms with Crippen molar-refractivity contribution in [3.63, 3.8) is 0 Å². The molecule has 3 aromatic rings. The molecule has 47 heavy (non-hydrogen) atoms. The zero-order valence-electron chi connectivity index (χ0n) is 28.1. The predicted octanol–water partition coefficient (Wildman–Crippen LogP) is 10.3. The van der Waals surface area contributed by atoms with Crippen LogP contribution >= 0.6 is 0 Å². The minimum Gasteiger partial charge on any atom is -0.494 e. The first-order valence-corrected chi connectivity index (χ1v) is 17.1. The zero-order valence-corrected chi connectivity index (χ0v) is 28.1. The lowest BCUT2D eigenvalue weighted by atomic mass is 10.1. The average molecular weight is 649 g/mol. The number of carbonyl (C=O) groups excluding carboxylic acids is 3. The van der Waals surface area contributed by atoms with Crippen LogP contribution in [0.3, 0.4) is 0 Å². The van der Waals surface area contributed by atoms with Crippen LogP contribution in [0.5, 0.6) is 17.2 Å². The van der Waals surface area contributed by atoms with Gasteiger partial charge in [-0.15, -0.1) is 0 Å². The molecule has 0 aliphatic rings. The van der Waals surface area contributed by atoms with Gasteiger partial charge in [0.25, 0.3) is 0 Å². The van der Waals surface area contributed by atoms with Gasteiger partial charge in [0, 0.05) is 6.07 Å². The molecule has 0 aromatic heterocycles. The quantitative estimate of drug-likeness (QED) is 0.0645. The third-order valence-corrected chi connectivity index (χ3v) is 7.80. The molecular formula is C39H49FO7. The van der Waals surface area contributed by atoms with E-state index in [-0.39, 0.29) is 28.7 Å². The molecule has 254 valence electrons. The van der Waals surface area contributed by atoms with E-state index in [1.165, 1.54) is 74.9 Å². The number of unbranched alkanes of at least 4 members (excludes halogenated alkanes) is 10. The lowest BCUT2D eigenvalue weighted by Crippen LogP contribution is -2.16. The maximum Gasteiger partial charge on any atom is 0.343 e. The highest BCUT2D eigenvalue weighted by Gasteiger charge is 2.18. The number of carbonyl (C=O) groups is 3. The van der Waals surface area contributed by atoms with E-state index in [2.05, 4.69) is 13.8 Å². The Bertz CT molecular complexity index is 1390. The number of hydrogen-bond acceptors (Lipinski definition) is 7. The highest BCUT2D eigenvalue weighted by atomic mass is 19.1. The van der Waals surface area contributed by atoms with Crippen molar-refractivity contribution in [3.8, 4) is 17.2 Å². The fourth-order valence-electron chi connectivity index (χ4n) is 4.99. The molecule has 0 spiro atoms. The van der Waals surface area contributed by atoms with Gasteiger partial charge in [-0.25, -0.2) is 18.8 Å². The summed E-state index contributed by atoms with van der Waals surface area (Å²) in [5.41, 5.74) is 0.310. The Morgan fingerprint density at radius 3 is 1.66 bits per heavy atom. The monoisotopic (exact) mass is 648 g/mol. The second kappa shape index (κ2) is 20.8. The first kappa shape index (κ1) is 37.3. The summed E-state index contributed by atoms with van der Waals surface area (Å²) in [6.07, 6.45) is 14.5. The molecule has 1 unspecified atom stereocenters. The minimum absolute atomic E-state index is 0.0580. The molecule has 0 bridgehead atoms. The van der Waals surface area contributed by atoms with Crippen LogP contribution in [0.25, 0.3) is 0 Å². The second-order valence-corrected chi connectivity index (χ2v) is 11.9. The summed E-state index contributed by atoms with van der Waals surface area (Å²) in [7, 11) is 0. The Morgan fingerprint density at radius 2 is 1.09 bits per heavy atom. The normalized spacial score (nSPS) is 11.5. The summed E-state index contributed by atoms with van der Waals surface area (Å²) < 4.78 is 36.6. The highest BCUT2D eigenvalue weighted by molar-refractivity contribution is 5.93. The molecule has 8 heteroatoms. The Morgan fingerprint density at radius 1 is 0.596 bits per heavy atom. The van der Waals surface area contributed by atoms with E-state index in [9.17, 15) is 18.8 Å². The summed E-state index contributed by atoms with van der Waals surface area (Å²) in [6.45, 7) is 6.78. The van der Waals surface area contributed by atoms with Crippen LogP contribution in [0.15, 0.2) is 66.7 Å². The summed E-state index contributed by atoms with van der Waals surface area (Å²) in [4.78, 5) is 37.7. The van der Waals surface area contributed by atoms with Crippen molar-refractivity contribution in [2.75, 3.05) is 6.61 Å². The molecule has 0 fully saturated rings. The number of hydrogen-bond donors (Lipinski definition) is 0. The van der Waals surface area contributed by atoms with E-state index in [4.69, 9.17) is 18.9 Å². The number of esters is 3. The third-order valence-electron chi connectivity index (χ3n) is 7.80. The van der Waals surface area contributed by atoms with E-state index in [0.29, 0.717) is 24.3 Å². The smallest absolute Gasteiger partial charge is 0.343 e. The molecule has 7 nitrogen and oxygen atoms in total. The molecule has 0 aliphatic carbocycles. The molecule has 0 saturated carbocycles. The van der Waals surface area contributed by atoms with Gasteiger partial charge in [-0.3, -0.25) is 0 Å². The van der Waals surface area contributed by atoms with Gasteiger partial charge in [0.2, 0.25) is 0 Å². The Balaban J connectivity index is 1.42. The fourth-order valence-corrected chi connectivity index (χ4v) is 4.99. The molecule has 0 aliphatic heterocycles. The Hall–Kier alpha value is -4.20. The van der Waals surface area contributed by atoms with Crippen molar-refractivity contribution in [2.24, 2.45) is 0 Å². The van der Waals surface area contributed by atoms with Crippen molar-refractivity contribution in [1.82, 2.24) is 0 Å². The van der Waals surface area contributed by atoms with E-state index in [1.54, 1.807) is 31.2 Å². The number of ether oxygens (including phenoxy) is 4. The van der Waals surface area contributed by atoms with Crippen molar-refractivity contribution in [2.45, 2.75) is 110 Å². The van der Waals surface area contributed by atoms with Gasteiger partial charge in [0.05, 0.1) is 29.4 Å². The fraction of sp³-hybridized carbons (Fsp3) is 0.462. The van der Waals surface area contributed by atoms with Gasteiger partial charge in [-0.2, -0.15) is 0 Å². The summed E-state index contributed by atoms with van der Waals surface area (Å²) >= 11 is 0. The van der Waals surface area contributed by atoms with Crippen molar-refractivity contribution < 1.29 is 37.7 Å². The van der Waals surface area contributed by atoms with Gasteiger partial charge < -0.3 is 18.9 Å². The predicted molar refractivity (Wildman–Crippen MR) is 181 cm³/mol. The van der Waals surface area contributed by atoms with E-state index in [0.717, 1.165) is 44.6 Å². The van der Waals surface area contributed by atoms with Gasteiger partial charge in [0.15, 0.2) is 0 Å². The van der Waals surface area contributed by atoms with Crippen LogP contribution in [-0.4, -0.2) is 30.6 Å². The number of benzene rings is 3. The lowest BCUT2D eigenvalue weighted by molar-refractivity contribution is 0.0314. The van der Waals surface area contributed by atoms with E-state index >= 15 is 0 Å². The topological polar surface area (TPSA) is 88.1 Å². The molecule has 0 radical (unpaired) electrons. The summed E-state index contributed by atoms with van der Waals surface area (Å²) in [6, 6.07) is 16.2. The maximum absolute atomic E-state index is 14.7. The average Bonchev–Trinajstić information content (AvgIpc) is 3.06. The summed E-state index contributed by atoms with van der Waals surface area (Å²) in [5, 5.41) is 0. The number of rotatable bonds is 21. The van der Waals surface area contributed by atoms with Crippen LogP contribution in [0, 0.1) is 5.82 Å². The van der Waals surface area contributed by atoms with Crippen LogP contribution in [0.1, 0.15) is 135 Å². The molecule has 0 amide bonds. The van der Waals surface area contributed by atoms with E-state index < -0.39 is 23.7 Å².